The van der Waals surface area contributed by atoms with Crippen LogP contribution in [0.1, 0.15) is 27.8 Å². The molecule has 1 amide bonds. The molecule has 1 aliphatic rings. The lowest BCUT2D eigenvalue weighted by molar-refractivity contribution is 0.0620. The quantitative estimate of drug-likeness (QED) is 0.686. The molecule has 0 bridgehead atoms. The van der Waals surface area contributed by atoms with Crippen LogP contribution in [0.4, 0.5) is 0 Å². The van der Waals surface area contributed by atoms with Crippen molar-refractivity contribution in [3.8, 4) is 11.1 Å². The Kier molecular flexibility index (Phi) is 7.79. The Labute approximate surface area is 183 Å². The number of aryl methyl sites for hydroxylation is 2. The van der Waals surface area contributed by atoms with E-state index in [-0.39, 0.29) is 36.8 Å². The maximum Gasteiger partial charge on any atom is 0.256 e. The Morgan fingerprint density at radius 3 is 2.59 bits per heavy atom. The molecule has 1 N–H and O–H groups in total. The highest BCUT2D eigenvalue weighted by Crippen LogP contribution is 2.25. The van der Waals surface area contributed by atoms with E-state index in [0.717, 1.165) is 23.5 Å². The van der Waals surface area contributed by atoms with Crippen molar-refractivity contribution in [3.63, 3.8) is 0 Å². The van der Waals surface area contributed by atoms with Gasteiger partial charge in [-0.1, -0.05) is 29.8 Å². The van der Waals surface area contributed by atoms with Crippen molar-refractivity contribution < 1.29 is 4.79 Å². The van der Waals surface area contributed by atoms with Gasteiger partial charge in [0, 0.05) is 57.0 Å². The van der Waals surface area contributed by atoms with Crippen molar-refractivity contribution in [1.29, 1.82) is 0 Å². The van der Waals surface area contributed by atoms with Crippen molar-refractivity contribution in [2.45, 2.75) is 13.0 Å². The molecule has 6 nitrogen and oxygen atoms in total. The second-order valence-corrected chi connectivity index (χ2v) is 6.94. The van der Waals surface area contributed by atoms with Gasteiger partial charge < -0.3 is 14.8 Å². The number of piperazine rings is 1. The molecule has 2 aromatic heterocycles. The summed E-state index contributed by atoms with van der Waals surface area (Å²) in [6.45, 7) is 4.18. The van der Waals surface area contributed by atoms with Crippen LogP contribution in [0.5, 0.6) is 0 Å². The van der Waals surface area contributed by atoms with Crippen LogP contribution in [-0.4, -0.2) is 45.0 Å². The number of aromatic nitrogens is 3. The Bertz CT molecular complexity index is 958. The molecule has 0 aliphatic carbocycles. The first-order valence-corrected chi connectivity index (χ1v) is 9.14. The Balaban J connectivity index is 0.00000150. The number of carbonyl (C=O) groups is 1. The first-order valence-electron chi connectivity index (χ1n) is 9.14. The molecule has 0 radical (unpaired) electrons. The van der Waals surface area contributed by atoms with E-state index in [4.69, 9.17) is 0 Å². The van der Waals surface area contributed by atoms with Crippen LogP contribution >= 0.6 is 24.8 Å². The number of carbonyl (C=O) groups excluding carboxylic acids is 1. The van der Waals surface area contributed by atoms with Gasteiger partial charge in [0.2, 0.25) is 0 Å². The number of hydrogen-bond acceptors (Lipinski definition) is 4. The van der Waals surface area contributed by atoms with Crippen molar-refractivity contribution >= 4 is 30.7 Å². The summed E-state index contributed by atoms with van der Waals surface area (Å²) in [4.78, 5) is 23.9. The van der Waals surface area contributed by atoms with Crippen molar-refractivity contribution in [2.75, 3.05) is 19.6 Å². The number of pyridine rings is 1. The fourth-order valence-electron chi connectivity index (χ4n) is 3.50. The predicted octanol–water partition coefficient (Wildman–Crippen LogP) is 3.42. The molecule has 0 saturated carbocycles. The van der Waals surface area contributed by atoms with Gasteiger partial charge in [0.25, 0.3) is 5.91 Å². The summed E-state index contributed by atoms with van der Waals surface area (Å²) in [6.07, 6.45) is 7.13. The van der Waals surface area contributed by atoms with Gasteiger partial charge in [0.05, 0.1) is 5.56 Å². The molecule has 1 saturated heterocycles. The first kappa shape index (κ1) is 22.9. The highest BCUT2D eigenvalue weighted by molar-refractivity contribution is 5.95. The average molecular weight is 434 g/mol. The smallest absolute Gasteiger partial charge is 0.256 e. The van der Waals surface area contributed by atoms with Crippen LogP contribution in [0, 0.1) is 6.92 Å². The number of rotatable bonds is 3. The third-order valence-corrected chi connectivity index (χ3v) is 5.03. The van der Waals surface area contributed by atoms with E-state index in [1.165, 1.54) is 5.56 Å². The van der Waals surface area contributed by atoms with Crippen LogP contribution in [0.15, 0.2) is 55.1 Å². The molecular formula is C21H25Cl2N5O. The zero-order valence-electron chi connectivity index (χ0n) is 16.4. The highest BCUT2D eigenvalue weighted by Gasteiger charge is 2.31. The summed E-state index contributed by atoms with van der Waals surface area (Å²) >= 11 is 0. The van der Waals surface area contributed by atoms with E-state index >= 15 is 0 Å². The van der Waals surface area contributed by atoms with Crippen molar-refractivity contribution in [1.82, 2.24) is 24.8 Å². The second kappa shape index (κ2) is 9.87. The second-order valence-electron chi connectivity index (χ2n) is 6.94. The molecule has 4 rings (SSSR count). The standard InChI is InChI=1S/C21H23N5O.2ClH/c1-15-3-5-16(6-4-15)17-11-18(13-23-12-17)21(27)26-10-7-22-14-19(26)20-24-8-9-25(20)2;;/h3-6,8-9,11-13,19,22H,7,10,14H2,1-2H3;2*1H. The molecule has 1 unspecified atom stereocenters. The van der Waals surface area contributed by atoms with Gasteiger partial charge in [-0.05, 0) is 18.6 Å². The summed E-state index contributed by atoms with van der Waals surface area (Å²) in [5, 5.41) is 3.37. The summed E-state index contributed by atoms with van der Waals surface area (Å²) in [6, 6.07) is 10.1. The number of amides is 1. The summed E-state index contributed by atoms with van der Waals surface area (Å²) in [5.74, 6) is 0.879. The minimum Gasteiger partial charge on any atom is -0.336 e. The van der Waals surface area contributed by atoms with Crippen LogP contribution in [0.3, 0.4) is 0 Å². The number of hydrogen-bond donors (Lipinski definition) is 1. The van der Waals surface area contributed by atoms with Gasteiger partial charge in [-0.3, -0.25) is 9.78 Å². The molecule has 29 heavy (non-hydrogen) atoms. The molecule has 1 fully saturated rings. The molecule has 3 aromatic rings. The van der Waals surface area contributed by atoms with E-state index in [0.29, 0.717) is 18.7 Å². The summed E-state index contributed by atoms with van der Waals surface area (Å²) < 4.78 is 1.97. The van der Waals surface area contributed by atoms with E-state index in [1.807, 2.05) is 28.8 Å². The zero-order chi connectivity index (χ0) is 18.8. The fourth-order valence-corrected chi connectivity index (χ4v) is 3.50. The lowest BCUT2D eigenvalue weighted by atomic mass is 10.0. The molecule has 3 heterocycles. The molecule has 154 valence electrons. The van der Waals surface area contributed by atoms with Gasteiger partial charge >= 0.3 is 0 Å². The van der Waals surface area contributed by atoms with Crippen molar-refractivity contribution in [2.24, 2.45) is 7.05 Å². The number of nitrogens with zero attached hydrogens (tertiary/aromatic N) is 4. The molecular weight excluding hydrogens is 409 g/mol. The number of halogens is 2. The number of nitrogens with one attached hydrogen (secondary N) is 1. The minimum atomic E-state index is -0.0886. The number of benzene rings is 1. The fraction of sp³-hybridized carbons (Fsp3) is 0.286. The van der Waals surface area contributed by atoms with Crippen LogP contribution in [0.2, 0.25) is 0 Å². The predicted molar refractivity (Wildman–Crippen MR) is 119 cm³/mol. The Hall–Kier alpha value is -2.41. The monoisotopic (exact) mass is 433 g/mol. The molecule has 0 spiro atoms. The van der Waals surface area contributed by atoms with Crippen LogP contribution in [0.25, 0.3) is 11.1 Å². The van der Waals surface area contributed by atoms with E-state index < -0.39 is 0 Å². The van der Waals surface area contributed by atoms with E-state index in [1.54, 1.807) is 18.6 Å². The topological polar surface area (TPSA) is 63.1 Å². The van der Waals surface area contributed by atoms with E-state index in [9.17, 15) is 4.79 Å². The molecule has 1 aliphatic heterocycles. The Morgan fingerprint density at radius 1 is 1.14 bits per heavy atom. The average Bonchev–Trinajstić information content (AvgIpc) is 3.14. The summed E-state index contributed by atoms with van der Waals surface area (Å²) in [7, 11) is 1.96. The van der Waals surface area contributed by atoms with Crippen LogP contribution in [-0.2, 0) is 7.05 Å². The summed E-state index contributed by atoms with van der Waals surface area (Å²) in [5.41, 5.74) is 3.82. The molecule has 1 aromatic carbocycles. The largest absolute Gasteiger partial charge is 0.336 e. The van der Waals surface area contributed by atoms with Gasteiger partial charge in [-0.15, -0.1) is 24.8 Å². The third-order valence-electron chi connectivity index (χ3n) is 5.03. The zero-order valence-corrected chi connectivity index (χ0v) is 18.0. The lowest BCUT2D eigenvalue weighted by Crippen LogP contribution is -2.49. The minimum absolute atomic E-state index is 0. The van der Waals surface area contributed by atoms with Gasteiger partial charge in [0.15, 0.2) is 0 Å². The van der Waals surface area contributed by atoms with E-state index in [2.05, 4.69) is 46.5 Å². The Morgan fingerprint density at radius 2 is 1.90 bits per heavy atom. The maximum absolute atomic E-state index is 13.3. The number of imidazole rings is 1. The van der Waals surface area contributed by atoms with Gasteiger partial charge in [-0.25, -0.2) is 4.98 Å². The first-order chi connectivity index (χ1) is 13.1. The maximum atomic E-state index is 13.3. The third kappa shape index (κ3) is 4.78. The highest BCUT2D eigenvalue weighted by atomic mass is 35.5. The van der Waals surface area contributed by atoms with Gasteiger partial charge in [0.1, 0.15) is 11.9 Å². The van der Waals surface area contributed by atoms with Gasteiger partial charge in [-0.2, -0.15) is 0 Å². The van der Waals surface area contributed by atoms with Crippen LogP contribution < -0.4 is 5.32 Å². The molecule has 8 heteroatoms. The molecule has 1 atom stereocenters. The SMILES string of the molecule is Cc1ccc(-c2cncc(C(=O)N3CCNCC3c3nccn3C)c2)cc1.Cl.Cl. The normalized spacial score (nSPS) is 15.9. The lowest BCUT2D eigenvalue weighted by Gasteiger charge is -2.35. The van der Waals surface area contributed by atoms with Crippen molar-refractivity contribution in [3.05, 3.63) is 72.1 Å².